The molecule has 0 fully saturated rings. The third-order valence-electron chi connectivity index (χ3n) is 4.98. The summed E-state index contributed by atoms with van der Waals surface area (Å²) in [6.07, 6.45) is 0. The minimum Gasteiger partial charge on any atom is -0.322 e. The maximum atomic E-state index is 12.8. The van der Waals surface area contributed by atoms with Crippen LogP contribution in [0.4, 0.5) is 11.4 Å². The first-order valence-corrected chi connectivity index (χ1v) is 11.1. The largest absolute Gasteiger partial charge is 0.322 e. The van der Waals surface area contributed by atoms with Gasteiger partial charge in [-0.2, -0.15) is 0 Å². The number of anilines is 2. The van der Waals surface area contributed by atoms with Crippen LogP contribution >= 0.6 is 0 Å². The molecular weight excluding hydrogens is 396 g/mol. The van der Waals surface area contributed by atoms with E-state index in [1.807, 2.05) is 39.8 Å². The van der Waals surface area contributed by atoms with E-state index in [0.29, 0.717) is 16.8 Å². The lowest BCUT2D eigenvalue weighted by Gasteiger charge is -2.14. The van der Waals surface area contributed by atoms with Crippen LogP contribution in [0.25, 0.3) is 0 Å². The van der Waals surface area contributed by atoms with Crippen LogP contribution in [0.15, 0.2) is 59.5 Å². The van der Waals surface area contributed by atoms with Crippen molar-refractivity contribution in [3.63, 3.8) is 0 Å². The zero-order valence-electron chi connectivity index (χ0n) is 17.8. The van der Waals surface area contributed by atoms with E-state index in [2.05, 4.69) is 10.0 Å². The maximum Gasteiger partial charge on any atom is 0.261 e. The number of hydrogen-bond acceptors (Lipinski definition) is 3. The average Bonchev–Trinajstić information content (AvgIpc) is 2.66. The Morgan fingerprint density at radius 1 is 0.733 bits per heavy atom. The third-order valence-corrected chi connectivity index (χ3v) is 6.36. The van der Waals surface area contributed by atoms with Crippen LogP contribution in [0, 0.1) is 34.6 Å². The van der Waals surface area contributed by atoms with E-state index in [1.165, 1.54) is 0 Å². The van der Waals surface area contributed by atoms with E-state index in [4.69, 9.17) is 0 Å². The van der Waals surface area contributed by atoms with Crippen LogP contribution in [0.2, 0.25) is 0 Å². The van der Waals surface area contributed by atoms with Gasteiger partial charge in [0.1, 0.15) is 0 Å². The van der Waals surface area contributed by atoms with Gasteiger partial charge in [0.25, 0.3) is 15.9 Å². The normalized spacial score (nSPS) is 11.2. The number of aryl methyl sites for hydroxylation is 5. The Morgan fingerprint density at radius 2 is 1.33 bits per heavy atom. The van der Waals surface area contributed by atoms with Gasteiger partial charge >= 0.3 is 0 Å². The molecule has 0 saturated carbocycles. The van der Waals surface area contributed by atoms with Gasteiger partial charge in [0, 0.05) is 11.3 Å². The van der Waals surface area contributed by atoms with Crippen molar-refractivity contribution in [2.75, 3.05) is 10.0 Å². The molecule has 1 amide bonds. The molecule has 0 aliphatic rings. The van der Waals surface area contributed by atoms with Crippen LogP contribution < -0.4 is 10.0 Å². The molecule has 0 radical (unpaired) electrons. The second-order valence-electron chi connectivity index (χ2n) is 7.68. The average molecular weight is 423 g/mol. The van der Waals surface area contributed by atoms with Crippen molar-refractivity contribution in [3.8, 4) is 0 Å². The maximum absolute atomic E-state index is 12.8. The third kappa shape index (κ3) is 4.71. The minimum atomic E-state index is -3.70. The Bertz CT molecular complexity index is 1190. The molecule has 3 aromatic rings. The fraction of sp³-hybridized carbons (Fsp3) is 0.208. The van der Waals surface area contributed by atoms with Crippen LogP contribution in [0.5, 0.6) is 0 Å². The van der Waals surface area contributed by atoms with Crippen molar-refractivity contribution in [3.05, 3.63) is 88.0 Å². The summed E-state index contributed by atoms with van der Waals surface area (Å²) in [5.74, 6) is -0.235. The van der Waals surface area contributed by atoms with E-state index < -0.39 is 10.0 Å². The molecule has 0 atom stereocenters. The Kier molecular flexibility index (Phi) is 5.99. The highest BCUT2D eigenvalue weighted by Crippen LogP contribution is 2.25. The second-order valence-corrected chi connectivity index (χ2v) is 9.36. The Hall–Kier alpha value is -3.12. The fourth-order valence-corrected chi connectivity index (χ4v) is 4.53. The number of hydrogen-bond donors (Lipinski definition) is 2. The summed E-state index contributed by atoms with van der Waals surface area (Å²) in [5, 5.41) is 2.97. The summed E-state index contributed by atoms with van der Waals surface area (Å²) in [6.45, 7) is 9.61. The lowest BCUT2D eigenvalue weighted by Crippen LogP contribution is -2.16. The molecule has 0 bridgehead atoms. The molecule has 0 unspecified atom stereocenters. The van der Waals surface area contributed by atoms with Crippen LogP contribution in [0.1, 0.15) is 38.2 Å². The lowest BCUT2D eigenvalue weighted by atomic mass is 10.0. The summed E-state index contributed by atoms with van der Waals surface area (Å²) >= 11 is 0. The molecule has 0 aromatic heterocycles. The minimum absolute atomic E-state index is 0.194. The van der Waals surface area contributed by atoms with Crippen molar-refractivity contribution < 1.29 is 13.2 Å². The Morgan fingerprint density at radius 3 is 1.90 bits per heavy atom. The predicted octanol–water partition coefficient (Wildman–Crippen LogP) is 5.28. The van der Waals surface area contributed by atoms with E-state index >= 15 is 0 Å². The van der Waals surface area contributed by atoms with Crippen LogP contribution in [0.3, 0.4) is 0 Å². The highest BCUT2D eigenvalue weighted by molar-refractivity contribution is 7.92. The highest BCUT2D eigenvalue weighted by atomic mass is 32.2. The van der Waals surface area contributed by atoms with Gasteiger partial charge in [-0.1, -0.05) is 35.4 Å². The quantitative estimate of drug-likeness (QED) is 0.587. The van der Waals surface area contributed by atoms with E-state index in [0.717, 1.165) is 27.9 Å². The van der Waals surface area contributed by atoms with Gasteiger partial charge in [0.05, 0.1) is 10.6 Å². The number of sulfonamides is 1. The first kappa shape index (κ1) is 21.6. The predicted molar refractivity (Wildman–Crippen MR) is 122 cm³/mol. The molecule has 0 aliphatic heterocycles. The smallest absolute Gasteiger partial charge is 0.261 e. The summed E-state index contributed by atoms with van der Waals surface area (Å²) < 4.78 is 27.9. The molecule has 3 aromatic carbocycles. The first-order valence-electron chi connectivity index (χ1n) is 9.66. The van der Waals surface area contributed by atoms with E-state index in [1.54, 1.807) is 49.4 Å². The Balaban J connectivity index is 1.81. The number of carbonyl (C=O) groups excluding carboxylic acids is 1. The van der Waals surface area contributed by atoms with Crippen LogP contribution in [-0.4, -0.2) is 14.3 Å². The van der Waals surface area contributed by atoms with Gasteiger partial charge in [-0.05, 0) is 81.6 Å². The first-order chi connectivity index (χ1) is 14.1. The topological polar surface area (TPSA) is 75.3 Å². The lowest BCUT2D eigenvalue weighted by molar-refractivity contribution is 0.102. The van der Waals surface area contributed by atoms with Gasteiger partial charge in [-0.15, -0.1) is 0 Å². The molecule has 3 rings (SSSR count). The SMILES string of the molecule is Cc1ccc(S(=O)(=O)Nc2ccc(C(=O)Nc3c(C)cc(C)cc3C)cc2C)cc1. The molecule has 156 valence electrons. The van der Waals surface area contributed by atoms with Crippen LogP contribution in [-0.2, 0) is 10.0 Å². The fourth-order valence-electron chi connectivity index (χ4n) is 3.40. The molecule has 0 heterocycles. The molecule has 0 saturated heterocycles. The van der Waals surface area contributed by atoms with Crippen molar-refractivity contribution in [1.29, 1.82) is 0 Å². The monoisotopic (exact) mass is 422 g/mol. The zero-order chi connectivity index (χ0) is 22.1. The summed E-state index contributed by atoms with van der Waals surface area (Å²) in [4.78, 5) is 12.9. The van der Waals surface area contributed by atoms with Crippen molar-refractivity contribution >= 4 is 27.3 Å². The van der Waals surface area contributed by atoms with Crippen molar-refractivity contribution in [1.82, 2.24) is 0 Å². The summed E-state index contributed by atoms with van der Waals surface area (Å²) in [6, 6.07) is 15.6. The molecule has 5 nitrogen and oxygen atoms in total. The number of nitrogens with one attached hydrogen (secondary N) is 2. The summed E-state index contributed by atoms with van der Waals surface area (Å²) in [5.41, 5.74) is 6.49. The van der Waals surface area contributed by atoms with Gasteiger partial charge in [-0.3, -0.25) is 9.52 Å². The zero-order valence-corrected chi connectivity index (χ0v) is 18.6. The number of carbonyl (C=O) groups is 1. The molecule has 30 heavy (non-hydrogen) atoms. The van der Waals surface area contributed by atoms with E-state index in [-0.39, 0.29) is 10.8 Å². The van der Waals surface area contributed by atoms with Gasteiger partial charge < -0.3 is 5.32 Å². The van der Waals surface area contributed by atoms with Crippen molar-refractivity contribution in [2.45, 2.75) is 39.5 Å². The van der Waals surface area contributed by atoms with Crippen molar-refractivity contribution in [2.24, 2.45) is 0 Å². The number of rotatable bonds is 5. The Labute approximate surface area is 178 Å². The highest BCUT2D eigenvalue weighted by Gasteiger charge is 2.17. The second kappa shape index (κ2) is 8.32. The summed E-state index contributed by atoms with van der Waals surface area (Å²) in [7, 11) is -3.70. The molecule has 0 aliphatic carbocycles. The van der Waals surface area contributed by atoms with E-state index in [9.17, 15) is 13.2 Å². The number of benzene rings is 3. The van der Waals surface area contributed by atoms with Gasteiger partial charge in [-0.25, -0.2) is 8.42 Å². The molecular formula is C24H26N2O3S. The standard InChI is InChI=1S/C24H26N2O3S/c1-15-6-9-21(10-7-15)30(28,29)26-22-11-8-20(14-17(22)3)24(27)25-23-18(4)12-16(2)13-19(23)5/h6-14,26H,1-5H3,(H,25,27). The molecule has 2 N–H and O–H groups in total. The van der Waals surface area contributed by atoms with Gasteiger partial charge in [0.15, 0.2) is 0 Å². The number of amides is 1. The van der Waals surface area contributed by atoms with Gasteiger partial charge in [0.2, 0.25) is 0 Å². The molecule has 0 spiro atoms. The molecule has 6 heteroatoms.